The Kier molecular flexibility index (Phi) is 4.39. The minimum atomic E-state index is -1.26. The molecule has 4 rings (SSSR count). The number of aromatic amines is 1. The van der Waals surface area contributed by atoms with Crippen LogP contribution in [0.5, 0.6) is 0 Å². The minimum Gasteiger partial charge on any atom is -0.478 e. The fourth-order valence-electron chi connectivity index (χ4n) is 3.10. The van der Waals surface area contributed by atoms with Crippen LogP contribution < -0.4 is 0 Å². The molecule has 0 aliphatic carbocycles. The lowest BCUT2D eigenvalue weighted by Gasteiger charge is -2.06. The van der Waals surface area contributed by atoms with Crippen LogP contribution >= 0.6 is 0 Å². The first-order chi connectivity index (χ1) is 14.3. The Bertz CT molecular complexity index is 1350. The highest BCUT2D eigenvalue weighted by molar-refractivity contribution is 6.08. The summed E-state index contributed by atoms with van der Waals surface area (Å²) in [5.74, 6) is -1.26. The van der Waals surface area contributed by atoms with Gasteiger partial charge in [-0.15, -0.1) is 0 Å². The number of fused-ring (bicyclic) bond motifs is 1. The van der Waals surface area contributed by atoms with Gasteiger partial charge < -0.3 is 5.11 Å². The Morgan fingerprint density at radius 2 is 1.53 bits per heavy atom. The maximum absolute atomic E-state index is 11.9. The van der Waals surface area contributed by atoms with E-state index in [1.807, 2.05) is 0 Å². The molecule has 30 heavy (non-hydrogen) atoms. The summed E-state index contributed by atoms with van der Waals surface area (Å²) in [5, 5.41) is 38.8. The molecule has 2 heterocycles. The molecular weight excluding hydrogens is 394 g/mol. The van der Waals surface area contributed by atoms with Gasteiger partial charge in [-0.3, -0.25) is 25.3 Å². The first-order valence-electron chi connectivity index (χ1n) is 8.47. The van der Waals surface area contributed by atoms with E-state index in [9.17, 15) is 30.1 Å². The van der Waals surface area contributed by atoms with Crippen LogP contribution in [-0.4, -0.2) is 36.1 Å². The van der Waals surface area contributed by atoms with Crippen LogP contribution in [-0.2, 0) is 0 Å². The van der Waals surface area contributed by atoms with Gasteiger partial charge in [-0.05, 0) is 6.07 Å². The van der Waals surface area contributed by atoms with Crippen molar-refractivity contribution < 1.29 is 19.7 Å². The predicted octanol–water partition coefficient (Wildman–Crippen LogP) is 3.81. The average molecular weight is 405 g/mol. The number of nitro benzene ring substituents is 2. The van der Waals surface area contributed by atoms with Gasteiger partial charge in [-0.25, -0.2) is 9.78 Å². The molecule has 0 unspecified atom stereocenters. The first kappa shape index (κ1) is 18.7. The van der Waals surface area contributed by atoms with E-state index in [0.29, 0.717) is 11.1 Å². The Morgan fingerprint density at radius 3 is 2.13 bits per heavy atom. The molecule has 0 saturated heterocycles. The second-order valence-corrected chi connectivity index (χ2v) is 6.27. The second kappa shape index (κ2) is 7.05. The number of carboxylic acids is 1. The molecule has 0 amide bonds. The van der Waals surface area contributed by atoms with Crippen molar-refractivity contribution in [2.24, 2.45) is 0 Å². The third-order valence-corrected chi connectivity index (χ3v) is 4.45. The van der Waals surface area contributed by atoms with E-state index in [-0.39, 0.29) is 39.4 Å². The van der Waals surface area contributed by atoms with Gasteiger partial charge in [0, 0.05) is 35.4 Å². The molecule has 0 spiro atoms. The number of hydrogen-bond acceptors (Lipinski definition) is 7. The summed E-state index contributed by atoms with van der Waals surface area (Å²) < 4.78 is 0. The van der Waals surface area contributed by atoms with Crippen molar-refractivity contribution >= 4 is 28.4 Å². The molecule has 148 valence electrons. The smallest absolute Gasteiger partial charge is 0.336 e. The summed E-state index contributed by atoms with van der Waals surface area (Å²) in [5.41, 5.74) is 0.797. The van der Waals surface area contributed by atoms with Gasteiger partial charge in [0.15, 0.2) is 5.65 Å². The third kappa shape index (κ3) is 3.20. The molecule has 2 aromatic carbocycles. The lowest BCUT2D eigenvalue weighted by atomic mass is 10.0. The molecule has 0 saturated carbocycles. The van der Waals surface area contributed by atoms with Crippen molar-refractivity contribution in [3.8, 4) is 22.5 Å². The molecule has 0 atom stereocenters. The number of nitro groups is 2. The van der Waals surface area contributed by atoms with E-state index in [1.54, 1.807) is 12.1 Å². The van der Waals surface area contributed by atoms with Crippen LogP contribution in [0, 0.1) is 20.2 Å². The molecule has 11 heteroatoms. The fraction of sp³-hybridized carbons (Fsp3) is 0. The number of nitrogens with zero attached hydrogens (tertiary/aromatic N) is 4. The van der Waals surface area contributed by atoms with Crippen LogP contribution in [0.4, 0.5) is 11.4 Å². The highest BCUT2D eigenvalue weighted by Crippen LogP contribution is 2.33. The standard InChI is InChI=1S/C19H11N5O6/c25-19(26)14-9-15(10-3-1-5-12(7-10)23(27)28)20-18-16(14)17(21-22-18)11-4-2-6-13(8-11)24(29)30/h1-9H,(H,25,26)(H,20,21,22). The zero-order chi connectivity index (χ0) is 21.4. The van der Waals surface area contributed by atoms with Gasteiger partial charge >= 0.3 is 5.97 Å². The number of aromatic carboxylic acids is 1. The number of carbonyl (C=O) groups is 1. The van der Waals surface area contributed by atoms with Crippen LogP contribution in [0.25, 0.3) is 33.5 Å². The van der Waals surface area contributed by atoms with Crippen LogP contribution in [0.1, 0.15) is 10.4 Å². The van der Waals surface area contributed by atoms with E-state index in [1.165, 1.54) is 42.5 Å². The van der Waals surface area contributed by atoms with Gasteiger partial charge in [0.1, 0.15) is 0 Å². The molecule has 11 nitrogen and oxygen atoms in total. The van der Waals surface area contributed by atoms with Crippen molar-refractivity contribution in [3.63, 3.8) is 0 Å². The first-order valence-corrected chi connectivity index (χ1v) is 8.47. The van der Waals surface area contributed by atoms with E-state index in [0.717, 1.165) is 0 Å². The van der Waals surface area contributed by atoms with E-state index < -0.39 is 15.8 Å². The Morgan fingerprint density at radius 1 is 0.933 bits per heavy atom. The van der Waals surface area contributed by atoms with Crippen molar-refractivity contribution in [2.45, 2.75) is 0 Å². The number of H-pyrrole nitrogens is 1. The van der Waals surface area contributed by atoms with Crippen molar-refractivity contribution in [1.82, 2.24) is 15.2 Å². The lowest BCUT2D eigenvalue weighted by Crippen LogP contribution is -2.00. The Balaban J connectivity index is 1.93. The summed E-state index contributed by atoms with van der Waals surface area (Å²) in [6.45, 7) is 0. The van der Waals surface area contributed by atoms with Gasteiger partial charge in [-0.1, -0.05) is 24.3 Å². The molecule has 2 aromatic heterocycles. The summed E-state index contributed by atoms with van der Waals surface area (Å²) >= 11 is 0. The number of carboxylic acid groups (broad SMARTS) is 1. The summed E-state index contributed by atoms with van der Waals surface area (Å²) in [6, 6.07) is 12.6. The lowest BCUT2D eigenvalue weighted by molar-refractivity contribution is -0.385. The minimum absolute atomic E-state index is 0.0675. The molecule has 2 N–H and O–H groups in total. The topological polar surface area (TPSA) is 165 Å². The number of benzene rings is 2. The molecule has 0 aliphatic heterocycles. The highest BCUT2D eigenvalue weighted by atomic mass is 16.6. The summed E-state index contributed by atoms with van der Waals surface area (Å²) in [7, 11) is 0. The summed E-state index contributed by atoms with van der Waals surface area (Å²) in [4.78, 5) is 37.3. The predicted molar refractivity (Wildman–Crippen MR) is 105 cm³/mol. The van der Waals surface area contributed by atoms with Gasteiger partial charge in [0.25, 0.3) is 11.4 Å². The SMILES string of the molecule is O=C(O)c1cc(-c2cccc([N+](=O)[O-])c2)nc2n[nH]c(-c3cccc([N+](=O)[O-])c3)c12. The Labute approximate surface area is 166 Å². The quantitative estimate of drug-likeness (QED) is 0.373. The normalized spacial score (nSPS) is 10.8. The largest absolute Gasteiger partial charge is 0.478 e. The maximum Gasteiger partial charge on any atom is 0.336 e. The van der Waals surface area contributed by atoms with Crippen molar-refractivity contribution in [2.75, 3.05) is 0 Å². The number of pyridine rings is 1. The number of nitrogens with one attached hydrogen (secondary N) is 1. The van der Waals surface area contributed by atoms with Gasteiger partial charge in [-0.2, -0.15) is 5.10 Å². The molecule has 0 fully saturated rings. The zero-order valence-electron chi connectivity index (χ0n) is 15.0. The number of rotatable bonds is 5. The molecular formula is C19H11N5O6. The molecule has 4 aromatic rings. The van der Waals surface area contributed by atoms with Crippen molar-refractivity contribution in [3.05, 3.63) is 80.4 Å². The Hall–Kier alpha value is -4.67. The fourth-order valence-corrected chi connectivity index (χ4v) is 3.10. The zero-order valence-corrected chi connectivity index (χ0v) is 15.0. The highest BCUT2D eigenvalue weighted by Gasteiger charge is 2.21. The molecule has 0 aliphatic rings. The van der Waals surface area contributed by atoms with E-state index >= 15 is 0 Å². The average Bonchev–Trinajstić information content (AvgIpc) is 3.17. The molecule has 0 bridgehead atoms. The van der Waals surface area contributed by atoms with Gasteiger partial charge in [0.05, 0.1) is 32.2 Å². The maximum atomic E-state index is 11.9. The van der Waals surface area contributed by atoms with E-state index in [4.69, 9.17) is 0 Å². The van der Waals surface area contributed by atoms with Crippen LogP contribution in [0.3, 0.4) is 0 Å². The number of aromatic nitrogens is 3. The van der Waals surface area contributed by atoms with Crippen LogP contribution in [0.2, 0.25) is 0 Å². The monoisotopic (exact) mass is 405 g/mol. The van der Waals surface area contributed by atoms with E-state index in [2.05, 4.69) is 15.2 Å². The molecule has 0 radical (unpaired) electrons. The van der Waals surface area contributed by atoms with Gasteiger partial charge in [0.2, 0.25) is 0 Å². The number of hydrogen-bond donors (Lipinski definition) is 2. The second-order valence-electron chi connectivity index (χ2n) is 6.27. The van der Waals surface area contributed by atoms with Crippen molar-refractivity contribution in [1.29, 1.82) is 0 Å². The van der Waals surface area contributed by atoms with Crippen LogP contribution in [0.15, 0.2) is 54.6 Å². The number of non-ortho nitro benzene ring substituents is 2. The third-order valence-electron chi connectivity index (χ3n) is 4.45. The summed E-state index contributed by atoms with van der Waals surface area (Å²) in [6.07, 6.45) is 0.